The summed E-state index contributed by atoms with van der Waals surface area (Å²) in [5.41, 5.74) is 3.35. The van der Waals surface area contributed by atoms with Gasteiger partial charge in [-0.3, -0.25) is 14.2 Å². The highest BCUT2D eigenvalue weighted by Gasteiger charge is 2.15. The highest BCUT2D eigenvalue weighted by molar-refractivity contribution is 7.99. The largest absolute Gasteiger partial charge is 0.353 e. The van der Waals surface area contributed by atoms with Gasteiger partial charge in [-0.15, -0.1) is 0 Å². The maximum atomic E-state index is 12.6. The van der Waals surface area contributed by atoms with Gasteiger partial charge in [0.1, 0.15) is 5.52 Å². The number of hydrogen-bond acceptors (Lipinski definition) is 4. The van der Waals surface area contributed by atoms with Crippen LogP contribution in [0.2, 0.25) is 5.02 Å². The van der Waals surface area contributed by atoms with Gasteiger partial charge >= 0.3 is 0 Å². The lowest BCUT2D eigenvalue weighted by Crippen LogP contribution is -2.23. The second-order valence-electron chi connectivity index (χ2n) is 5.92. The number of nitrogens with zero attached hydrogens (tertiary/aromatic N) is 2. The molecule has 2 aromatic heterocycles. The molecule has 136 valence electrons. The van der Waals surface area contributed by atoms with Crippen LogP contribution in [0.4, 0.5) is 5.69 Å². The molecular formula is C18H19ClN4O2S. The minimum absolute atomic E-state index is 0.129. The molecule has 0 radical (unpaired) electrons. The Kier molecular flexibility index (Phi) is 5.38. The molecule has 2 N–H and O–H groups in total. The average molecular weight is 391 g/mol. The van der Waals surface area contributed by atoms with Gasteiger partial charge in [0.15, 0.2) is 5.16 Å². The van der Waals surface area contributed by atoms with Crippen molar-refractivity contribution in [2.45, 2.75) is 32.5 Å². The molecule has 0 bridgehead atoms. The van der Waals surface area contributed by atoms with Crippen LogP contribution in [-0.2, 0) is 11.3 Å². The van der Waals surface area contributed by atoms with E-state index >= 15 is 0 Å². The van der Waals surface area contributed by atoms with E-state index in [1.807, 2.05) is 39.0 Å². The minimum atomic E-state index is -0.201. The van der Waals surface area contributed by atoms with Gasteiger partial charge in [-0.2, -0.15) is 0 Å². The maximum Gasteiger partial charge on any atom is 0.278 e. The Morgan fingerprint density at radius 2 is 2.15 bits per heavy atom. The fourth-order valence-corrected chi connectivity index (χ4v) is 3.83. The van der Waals surface area contributed by atoms with Crippen LogP contribution >= 0.6 is 23.4 Å². The number of anilines is 1. The molecule has 6 nitrogen and oxygen atoms in total. The van der Waals surface area contributed by atoms with Gasteiger partial charge in [0.25, 0.3) is 5.56 Å². The van der Waals surface area contributed by atoms with E-state index in [1.165, 1.54) is 11.8 Å². The monoisotopic (exact) mass is 390 g/mol. The number of aryl methyl sites for hydroxylation is 2. The summed E-state index contributed by atoms with van der Waals surface area (Å²) in [4.78, 5) is 32.5. The molecule has 0 unspecified atom stereocenters. The van der Waals surface area contributed by atoms with E-state index in [0.717, 1.165) is 11.3 Å². The summed E-state index contributed by atoms with van der Waals surface area (Å²) in [5, 5.41) is 3.85. The summed E-state index contributed by atoms with van der Waals surface area (Å²) in [7, 11) is 0. The van der Waals surface area contributed by atoms with Crippen LogP contribution < -0.4 is 10.9 Å². The molecular weight excluding hydrogens is 372 g/mol. The van der Waals surface area contributed by atoms with E-state index in [4.69, 9.17) is 11.6 Å². The van der Waals surface area contributed by atoms with Gasteiger partial charge in [0, 0.05) is 12.2 Å². The van der Waals surface area contributed by atoms with E-state index < -0.39 is 0 Å². The van der Waals surface area contributed by atoms with Crippen molar-refractivity contribution in [3.05, 3.63) is 50.9 Å². The summed E-state index contributed by atoms with van der Waals surface area (Å²) in [6.07, 6.45) is 0. The van der Waals surface area contributed by atoms with Crippen molar-refractivity contribution < 1.29 is 4.79 Å². The number of H-pyrrole nitrogens is 1. The molecule has 0 saturated heterocycles. The highest BCUT2D eigenvalue weighted by atomic mass is 35.5. The molecule has 0 aliphatic heterocycles. The third-order valence-electron chi connectivity index (χ3n) is 3.97. The third-order valence-corrected chi connectivity index (χ3v) is 5.26. The standard InChI is InChI=1S/C18H19ClN4O2S/c1-4-23-17(25)16-13(8-11(3)20-16)21-18(23)26-9-14(24)22-15-10(2)6-5-7-12(15)19/h5-8,20H,4,9H2,1-3H3,(H,22,24). The van der Waals surface area contributed by atoms with Crippen molar-refractivity contribution in [1.82, 2.24) is 14.5 Å². The zero-order valence-electron chi connectivity index (χ0n) is 14.7. The van der Waals surface area contributed by atoms with Crippen LogP contribution in [0, 0.1) is 13.8 Å². The van der Waals surface area contributed by atoms with Gasteiger partial charge < -0.3 is 10.3 Å². The smallest absolute Gasteiger partial charge is 0.278 e. The van der Waals surface area contributed by atoms with Crippen molar-refractivity contribution in [2.24, 2.45) is 0 Å². The lowest BCUT2D eigenvalue weighted by atomic mass is 10.2. The number of amides is 1. The quantitative estimate of drug-likeness (QED) is 0.513. The van der Waals surface area contributed by atoms with Crippen molar-refractivity contribution in [1.29, 1.82) is 0 Å². The molecule has 0 spiro atoms. The topological polar surface area (TPSA) is 79.8 Å². The molecule has 0 atom stereocenters. The van der Waals surface area contributed by atoms with Crippen molar-refractivity contribution in [2.75, 3.05) is 11.1 Å². The number of halogens is 1. The Morgan fingerprint density at radius 3 is 2.85 bits per heavy atom. The molecule has 3 rings (SSSR count). The first kappa shape index (κ1) is 18.5. The molecule has 0 fully saturated rings. The summed E-state index contributed by atoms with van der Waals surface area (Å²) < 4.78 is 1.57. The second kappa shape index (κ2) is 7.55. The van der Waals surface area contributed by atoms with Crippen LogP contribution in [0.3, 0.4) is 0 Å². The van der Waals surface area contributed by atoms with Crippen molar-refractivity contribution in [3.63, 3.8) is 0 Å². The summed E-state index contributed by atoms with van der Waals surface area (Å²) in [6, 6.07) is 7.27. The number of rotatable bonds is 5. The van der Waals surface area contributed by atoms with Crippen LogP contribution in [0.15, 0.2) is 34.2 Å². The number of aromatic amines is 1. The number of aromatic nitrogens is 3. The molecule has 1 aromatic carbocycles. The molecule has 1 amide bonds. The zero-order valence-corrected chi connectivity index (χ0v) is 16.3. The van der Waals surface area contributed by atoms with E-state index in [9.17, 15) is 9.59 Å². The van der Waals surface area contributed by atoms with Gasteiger partial charge in [-0.05, 0) is 38.5 Å². The predicted octanol–water partition coefficient (Wildman–Crippen LogP) is 3.75. The second-order valence-corrected chi connectivity index (χ2v) is 7.27. The summed E-state index contributed by atoms with van der Waals surface area (Å²) in [5.74, 6) is -0.0695. The van der Waals surface area contributed by atoms with Gasteiger partial charge in [0.05, 0.1) is 22.0 Å². The Bertz CT molecular complexity index is 1020. The van der Waals surface area contributed by atoms with Crippen LogP contribution in [0.5, 0.6) is 0 Å². The number of hydrogen-bond donors (Lipinski definition) is 2. The number of benzene rings is 1. The third kappa shape index (κ3) is 3.64. The molecule has 2 heterocycles. The SMILES string of the molecule is CCn1c(SCC(=O)Nc2c(C)cccc2Cl)nc2cc(C)[nH]c2c1=O. The number of nitrogens with one attached hydrogen (secondary N) is 2. The predicted molar refractivity (Wildman–Crippen MR) is 106 cm³/mol. The molecule has 8 heteroatoms. The lowest BCUT2D eigenvalue weighted by Gasteiger charge is -2.11. The minimum Gasteiger partial charge on any atom is -0.353 e. The van der Waals surface area contributed by atoms with Crippen molar-refractivity contribution >= 4 is 46.0 Å². The Balaban J connectivity index is 1.81. The van der Waals surface area contributed by atoms with Gasteiger partial charge in [-0.1, -0.05) is 35.5 Å². The first-order valence-electron chi connectivity index (χ1n) is 8.18. The van der Waals surface area contributed by atoms with E-state index in [-0.39, 0.29) is 17.2 Å². The number of carbonyl (C=O) groups is 1. The van der Waals surface area contributed by atoms with Crippen molar-refractivity contribution in [3.8, 4) is 0 Å². The maximum absolute atomic E-state index is 12.6. The van der Waals surface area contributed by atoms with Gasteiger partial charge in [-0.25, -0.2) is 4.98 Å². The van der Waals surface area contributed by atoms with E-state index in [1.54, 1.807) is 10.6 Å². The number of para-hydroxylation sites is 1. The van der Waals surface area contributed by atoms with Crippen LogP contribution in [0.25, 0.3) is 11.0 Å². The molecule has 3 aromatic rings. The number of thioether (sulfide) groups is 1. The Hall–Kier alpha value is -2.25. The lowest BCUT2D eigenvalue weighted by molar-refractivity contribution is -0.113. The number of fused-ring (bicyclic) bond motifs is 1. The van der Waals surface area contributed by atoms with E-state index in [0.29, 0.717) is 33.4 Å². The summed E-state index contributed by atoms with van der Waals surface area (Å²) in [6.45, 7) is 6.12. The van der Waals surface area contributed by atoms with Crippen LogP contribution in [-0.4, -0.2) is 26.2 Å². The molecule has 0 aliphatic rings. The highest BCUT2D eigenvalue weighted by Crippen LogP contribution is 2.26. The molecule has 0 aliphatic carbocycles. The normalized spacial score (nSPS) is 11.1. The Labute approximate surface area is 160 Å². The van der Waals surface area contributed by atoms with Gasteiger partial charge in [0.2, 0.25) is 5.91 Å². The Morgan fingerprint density at radius 1 is 1.38 bits per heavy atom. The average Bonchev–Trinajstić information content (AvgIpc) is 2.97. The first-order valence-corrected chi connectivity index (χ1v) is 9.55. The fraction of sp³-hybridized carbons (Fsp3) is 0.278. The zero-order chi connectivity index (χ0) is 18.8. The summed E-state index contributed by atoms with van der Waals surface area (Å²) >= 11 is 7.38. The van der Waals surface area contributed by atoms with Crippen LogP contribution in [0.1, 0.15) is 18.2 Å². The first-order chi connectivity index (χ1) is 12.4. The number of carbonyl (C=O) groups excluding carboxylic acids is 1. The fourth-order valence-electron chi connectivity index (χ4n) is 2.70. The van der Waals surface area contributed by atoms with E-state index in [2.05, 4.69) is 15.3 Å². The molecule has 0 saturated carbocycles. The molecule has 26 heavy (non-hydrogen) atoms.